The second kappa shape index (κ2) is 6.19. The van der Waals surface area contributed by atoms with Gasteiger partial charge in [-0.2, -0.15) is 0 Å². The van der Waals surface area contributed by atoms with Crippen LogP contribution < -0.4 is 10.2 Å². The minimum atomic E-state index is 0.250. The molecule has 1 atom stereocenters. The van der Waals surface area contributed by atoms with E-state index in [1.807, 2.05) is 6.92 Å². The molecule has 0 bridgehead atoms. The molecule has 0 radical (unpaired) electrons. The van der Waals surface area contributed by atoms with Gasteiger partial charge in [-0.1, -0.05) is 0 Å². The Kier molecular flexibility index (Phi) is 4.58. The van der Waals surface area contributed by atoms with Gasteiger partial charge >= 0.3 is 0 Å². The molecule has 1 unspecified atom stereocenters. The first-order valence-electron chi connectivity index (χ1n) is 7.07. The SMILES string of the molecule is CCNc1nc(C)nc(N2CCCOC(C)C2)c1C. The third kappa shape index (κ3) is 3.35. The van der Waals surface area contributed by atoms with Gasteiger partial charge in [0, 0.05) is 31.8 Å². The van der Waals surface area contributed by atoms with Crippen molar-refractivity contribution >= 4 is 11.6 Å². The summed E-state index contributed by atoms with van der Waals surface area (Å²) >= 11 is 0. The summed E-state index contributed by atoms with van der Waals surface area (Å²) in [5, 5.41) is 3.31. The van der Waals surface area contributed by atoms with Crippen molar-refractivity contribution in [2.75, 3.05) is 36.5 Å². The van der Waals surface area contributed by atoms with Gasteiger partial charge < -0.3 is 15.0 Å². The van der Waals surface area contributed by atoms with E-state index < -0.39 is 0 Å². The fourth-order valence-electron chi connectivity index (χ4n) is 2.45. The maximum atomic E-state index is 5.70. The Balaban J connectivity index is 2.31. The summed E-state index contributed by atoms with van der Waals surface area (Å²) in [4.78, 5) is 11.4. The monoisotopic (exact) mass is 264 g/mol. The maximum Gasteiger partial charge on any atom is 0.137 e. The van der Waals surface area contributed by atoms with Crippen LogP contribution in [0.2, 0.25) is 0 Å². The molecule has 0 spiro atoms. The van der Waals surface area contributed by atoms with Crippen LogP contribution in [-0.2, 0) is 4.74 Å². The molecule has 1 saturated heterocycles. The number of aryl methyl sites for hydroxylation is 1. The molecular formula is C14H24N4O. The van der Waals surface area contributed by atoms with Crippen LogP contribution in [0.25, 0.3) is 0 Å². The molecule has 1 N–H and O–H groups in total. The highest BCUT2D eigenvalue weighted by atomic mass is 16.5. The third-order valence-electron chi connectivity index (χ3n) is 3.33. The Morgan fingerprint density at radius 1 is 1.37 bits per heavy atom. The number of nitrogens with one attached hydrogen (secondary N) is 1. The third-order valence-corrected chi connectivity index (χ3v) is 3.33. The zero-order valence-electron chi connectivity index (χ0n) is 12.4. The lowest BCUT2D eigenvalue weighted by atomic mass is 10.2. The zero-order chi connectivity index (χ0) is 13.8. The smallest absolute Gasteiger partial charge is 0.137 e. The topological polar surface area (TPSA) is 50.3 Å². The number of hydrogen-bond donors (Lipinski definition) is 1. The predicted molar refractivity (Wildman–Crippen MR) is 77.9 cm³/mol. The summed E-state index contributed by atoms with van der Waals surface area (Å²) in [6.45, 7) is 11.8. The lowest BCUT2D eigenvalue weighted by molar-refractivity contribution is 0.0820. The molecular weight excluding hydrogens is 240 g/mol. The second-order valence-electron chi connectivity index (χ2n) is 5.08. The predicted octanol–water partition coefficient (Wildman–Crippen LogP) is 2.14. The molecule has 2 heterocycles. The highest BCUT2D eigenvalue weighted by Gasteiger charge is 2.20. The summed E-state index contributed by atoms with van der Waals surface area (Å²) in [5.41, 5.74) is 1.13. The van der Waals surface area contributed by atoms with Crippen molar-refractivity contribution in [1.82, 2.24) is 9.97 Å². The normalized spacial score (nSPS) is 20.2. The number of nitrogens with zero attached hydrogens (tertiary/aromatic N) is 3. The highest BCUT2D eigenvalue weighted by molar-refractivity contribution is 5.58. The quantitative estimate of drug-likeness (QED) is 0.906. The van der Waals surface area contributed by atoms with Gasteiger partial charge in [-0.15, -0.1) is 0 Å². The number of anilines is 2. The molecule has 1 aliphatic heterocycles. The van der Waals surface area contributed by atoms with E-state index >= 15 is 0 Å². The molecule has 1 aliphatic rings. The molecule has 0 aliphatic carbocycles. The Morgan fingerprint density at radius 2 is 2.16 bits per heavy atom. The van der Waals surface area contributed by atoms with E-state index in [0.717, 1.165) is 55.7 Å². The van der Waals surface area contributed by atoms with E-state index in [-0.39, 0.29) is 6.10 Å². The molecule has 1 aromatic rings. The van der Waals surface area contributed by atoms with Crippen LogP contribution in [0.5, 0.6) is 0 Å². The molecule has 1 fully saturated rings. The molecule has 0 aromatic carbocycles. The van der Waals surface area contributed by atoms with E-state index in [4.69, 9.17) is 4.74 Å². The minimum absolute atomic E-state index is 0.250. The molecule has 2 rings (SSSR count). The number of rotatable bonds is 3. The molecule has 5 heteroatoms. The second-order valence-corrected chi connectivity index (χ2v) is 5.08. The average molecular weight is 264 g/mol. The molecule has 0 saturated carbocycles. The van der Waals surface area contributed by atoms with E-state index in [1.54, 1.807) is 0 Å². The van der Waals surface area contributed by atoms with Crippen molar-refractivity contribution in [3.05, 3.63) is 11.4 Å². The van der Waals surface area contributed by atoms with Crippen LogP contribution in [0, 0.1) is 13.8 Å². The largest absolute Gasteiger partial charge is 0.377 e. The molecule has 1 aromatic heterocycles. The van der Waals surface area contributed by atoms with E-state index in [2.05, 4.69) is 41.0 Å². The number of ether oxygens (including phenoxy) is 1. The van der Waals surface area contributed by atoms with E-state index in [1.165, 1.54) is 0 Å². The fraction of sp³-hybridized carbons (Fsp3) is 0.714. The molecule has 5 nitrogen and oxygen atoms in total. The van der Waals surface area contributed by atoms with Crippen LogP contribution in [-0.4, -0.2) is 42.3 Å². The van der Waals surface area contributed by atoms with Crippen molar-refractivity contribution in [3.63, 3.8) is 0 Å². The minimum Gasteiger partial charge on any atom is -0.377 e. The van der Waals surface area contributed by atoms with Crippen LogP contribution in [0.3, 0.4) is 0 Å². The lowest BCUT2D eigenvalue weighted by Gasteiger charge is -2.26. The van der Waals surface area contributed by atoms with Gasteiger partial charge in [0.25, 0.3) is 0 Å². The fourth-order valence-corrected chi connectivity index (χ4v) is 2.45. The lowest BCUT2D eigenvalue weighted by Crippen LogP contribution is -2.32. The maximum absolute atomic E-state index is 5.70. The van der Waals surface area contributed by atoms with Gasteiger partial charge in [-0.05, 0) is 34.1 Å². The van der Waals surface area contributed by atoms with Gasteiger partial charge in [-0.3, -0.25) is 0 Å². The first-order chi connectivity index (χ1) is 9.11. The van der Waals surface area contributed by atoms with Crippen molar-refractivity contribution in [3.8, 4) is 0 Å². The Morgan fingerprint density at radius 3 is 2.89 bits per heavy atom. The van der Waals surface area contributed by atoms with Crippen molar-refractivity contribution in [1.29, 1.82) is 0 Å². The van der Waals surface area contributed by atoms with Crippen LogP contribution in [0.4, 0.5) is 11.6 Å². The average Bonchev–Trinajstić information content (AvgIpc) is 2.58. The Bertz CT molecular complexity index is 436. The summed E-state index contributed by atoms with van der Waals surface area (Å²) in [6.07, 6.45) is 1.29. The van der Waals surface area contributed by atoms with Crippen LogP contribution in [0.1, 0.15) is 31.7 Å². The summed E-state index contributed by atoms with van der Waals surface area (Å²) < 4.78 is 5.70. The number of hydrogen-bond acceptors (Lipinski definition) is 5. The van der Waals surface area contributed by atoms with E-state index in [0.29, 0.717) is 0 Å². The summed E-state index contributed by atoms with van der Waals surface area (Å²) in [6, 6.07) is 0. The van der Waals surface area contributed by atoms with Gasteiger partial charge in [0.15, 0.2) is 0 Å². The Hall–Kier alpha value is -1.36. The Labute approximate surface area is 115 Å². The first-order valence-corrected chi connectivity index (χ1v) is 7.07. The standard InChI is InChI=1S/C14H24N4O/c1-5-15-13-11(3)14(17-12(4)16-13)18-7-6-8-19-10(2)9-18/h10H,5-9H2,1-4H3,(H,15,16,17). The van der Waals surface area contributed by atoms with Crippen molar-refractivity contribution < 1.29 is 4.74 Å². The van der Waals surface area contributed by atoms with E-state index in [9.17, 15) is 0 Å². The van der Waals surface area contributed by atoms with Gasteiger partial charge in [0.2, 0.25) is 0 Å². The van der Waals surface area contributed by atoms with Gasteiger partial charge in [0.1, 0.15) is 17.5 Å². The zero-order valence-corrected chi connectivity index (χ0v) is 12.4. The first kappa shape index (κ1) is 14.1. The van der Waals surface area contributed by atoms with Crippen molar-refractivity contribution in [2.45, 2.75) is 40.2 Å². The summed E-state index contributed by atoms with van der Waals surface area (Å²) in [5.74, 6) is 2.80. The molecule has 19 heavy (non-hydrogen) atoms. The summed E-state index contributed by atoms with van der Waals surface area (Å²) in [7, 11) is 0. The molecule has 0 amide bonds. The highest BCUT2D eigenvalue weighted by Crippen LogP contribution is 2.25. The van der Waals surface area contributed by atoms with Crippen LogP contribution in [0.15, 0.2) is 0 Å². The molecule has 106 valence electrons. The van der Waals surface area contributed by atoms with Crippen LogP contribution >= 0.6 is 0 Å². The van der Waals surface area contributed by atoms with Crippen molar-refractivity contribution in [2.24, 2.45) is 0 Å². The van der Waals surface area contributed by atoms with Gasteiger partial charge in [-0.25, -0.2) is 9.97 Å². The number of aromatic nitrogens is 2. The van der Waals surface area contributed by atoms with Gasteiger partial charge in [0.05, 0.1) is 6.10 Å².